The topological polar surface area (TPSA) is 0 Å². The first-order chi connectivity index (χ1) is 6.27. The molecule has 1 fully saturated rings. The second-order valence-electron chi connectivity index (χ2n) is 4.00. The predicted molar refractivity (Wildman–Crippen MR) is 50.7 cm³/mol. The Labute approximate surface area is 79.0 Å². The van der Waals surface area contributed by atoms with Crippen LogP contribution in [0.4, 0.5) is 8.78 Å². The highest BCUT2D eigenvalue weighted by Gasteiger charge is 2.23. The third-order valence-corrected chi connectivity index (χ3v) is 3.04. The van der Waals surface area contributed by atoms with Gasteiger partial charge in [-0.2, -0.15) is 0 Å². The molecule has 0 heterocycles. The second kappa shape index (κ2) is 5.36. The van der Waals surface area contributed by atoms with Crippen molar-refractivity contribution in [3.05, 3.63) is 12.2 Å². The van der Waals surface area contributed by atoms with E-state index in [9.17, 15) is 8.78 Å². The van der Waals surface area contributed by atoms with Crippen LogP contribution >= 0.6 is 0 Å². The molecule has 0 aromatic rings. The van der Waals surface area contributed by atoms with Crippen molar-refractivity contribution >= 4 is 0 Å². The summed E-state index contributed by atoms with van der Waals surface area (Å²) in [6.07, 6.45) is 6.38. The smallest absolute Gasteiger partial charge is 0.131 e. The van der Waals surface area contributed by atoms with Crippen LogP contribution in [0.2, 0.25) is 0 Å². The van der Waals surface area contributed by atoms with Crippen LogP contribution in [0.5, 0.6) is 0 Å². The van der Waals surface area contributed by atoms with Crippen molar-refractivity contribution in [1.29, 1.82) is 0 Å². The molecule has 2 heteroatoms. The predicted octanol–water partition coefficient (Wildman–Crippen LogP) is 4.37. The van der Waals surface area contributed by atoms with Crippen LogP contribution in [-0.2, 0) is 0 Å². The summed E-state index contributed by atoms with van der Waals surface area (Å²) < 4.78 is 24.7. The third-order valence-electron chi connectivity index (χ3n) is 3.04. The molecule has 0 aromatic carbocycles. The Morgan fingerprint density at radius 3 is 2.38 bits per heavy atom. The normalized spacial score (nSPS) is 30.5. The van der Waals surface area contributed by atoms with E-state index in [1.807, 2.05) is 0 Å². The molecule has 0 N–H and O–H groups in total. The van der Waals surface area contributed by atoms with Gasteiger partial charge < -0.3 is 0 Å². The summed E-state index contributed by atoms with van der Waals surface area (Å²) in [6, 6.07) is 0. The lowest BCUT2D eigenvalue weighted by Crippen LogP contribution is -2.14. The number of halogens is 2. The molecule has 0 amide bonds. The summed E-state index contributed by atoms with van der Waals surface area (Å²) in [4.78, 5) is 0. The monoisotopic (exact) mass is 188 g/mol. The summed E-state index contributed by atoms with van der Waals surface area (Å²) in [5, 5.41) is 0. The zero-order chi connectivity index (χ0) is 9.68. The average Bonchev–Trinajstić information content (AvgIpc) is 2.18. The van der Waals surface area contributed by atoms with Crippen molar-refractivity contribution in [3.63, 3.8) is 0 Å². The van der Waals surface area contributed by atoms with E-state index in [-0.39, 0.29) is 12.2 Å². The van der Waals surface area contributed by atoms with E-state index in [2.05, 4.69) is 6.92 Å². The molecule has 0 unspecified atom stereocenters. The third kappa shape index (κ3) is 3.09. The van der Waals surface area contributed by atoms with Crippen molar-refractivity contribution in [2.24, 2.45) is 11.8 Å². The molecule has 0 atom stereocenters. The summed E-state index contributed by atoms with van der Waals surface area (Å²) in [5.74, 6) is 0.0849. The Morgan fingerprint density at radius 2 is 1.92 bits per heavy atom. The molecular formula is C11H18F2. The van der Waals surface area contributed by atoms with Gasteiger partial charge in [-0.1, -0.05) is 19.8 Å². The molecule has 1 rings (SSSR count). The van der Waals surface area contributed by atoms with Gasteiger partial charge in [0, 0.05) is 5.92 Å². The van der Waals surface area contributed by atoms with E-state index in [4.69, 9.17) is 0 Å². The summed E-state index contributed by atoms with van der Waals surface area (Å²) in [6.45, 7) is 2.17. The first-order valence-corrected chi connectivity index (χ1v) is 5.23. The quantitative estimate of drug-likeness (QED) is 0.616. The van der Waals surface area contributed by atoms with Gasteiger partial charge in [0.1, 0.15) is 12.2 Å². The first kappa shape index (κ1) is 10.7. The van der Waals surface area contributed by atoms with E-state index in [1.165, 1.54) is 12.8 Å². The lowest BCUT2D eigenvalue weighted by atomic mass is 9.80. The Kier molecular flexibility index (Phi) is 4.40. The lowest BCUT2D eigenvalue weighted by Gasteiger charge is -2.26. The molecule has 0 nitrogen and oxygen atoms in total. The Morgan fingerprint density at radius 1 is 1.31 bits per heavy atom. The minimum Gasteiger partial charge on any atom is -0.213 e. The number of hydrogen-bond acceptors (Lipinski definition) is 0. The van der Waals surface area contributed by atoms with Crippen LogP contribution < -0.4 is 0 Å². The van der Waals surface area contributed by atoms with Crippen LogP contribution in [0.25, 0.3) is 0 Å². The van der Waals surface area contributed by atoms with E-state index >= 15 is 0 Å². The average molecular weight is 188 g/mol. The minimum atomic E-state index is -0.546. The van der Waals surface area contributed by atoms with Crippen molar-refractivity contribution in [3.8, 4) is 0 Å². The van der Waals surface area contributed by atoms with Crippen molar-refractivity contribution in [2.75, 3.05) is 0 Å². The zero-order valence-corrected chi connectivity index (χ0v) is 8.23. The molecule has 1 aliphatic rings. The van der Waals surface area contributed by atoms with E-state index in [1.54, 1.807) is 0 Å². The molecule has 1 aliphatic carbocycles. The maximum atomic E-state index is 12.8. The number of rotatable bonds is 3. The van der Waals surface area contributed by atoms with E-state index < -0.39 is 5.83 Å². The van der Waals surface area contributed by atoms with E-state index in [0.717, 1.165) is 31.6 Å². The molecule has 0 bridgehead atoms. The molecule has 0 spiro atoms. The summed E-state index contributed by atoms with van der Waals surface area (Å²) in [5.41, 5.74) is 0. The maximum absolute atomic E-state index is 12.8. The minimum absolute atomic E-state index is 0.127. The Hall–Kier alpha value is -0.400. The fourth-order valence-electron chi connectivity index (χ4n) is 2.22. The highest BCUT2D eigenvalue weighted by Crippen LogP contribution is 2.35. The number of hydrogen-bond donors (Lipinski definition) is 0. The van der Waals surface area contributed by atoms with Crippen LogP contribution in [0.15, 0.2) is 12.2 Å². The standard InChI is InChI=1S/C11H18F2/c1-2-3-9-4-6-10(7-5-9)11(13)8-12/h8-10H,2-7H2,1H3/t9-,10-. The lowest BCUT2D eigenvalue weighted by molar-refractivity contribution is 0.259. The van der Waals surface area contributed by atoms with E-state index in [0.29, 0.717) is 0 Å². The van der Waals surface area contributed by atoms with Crippen molar-refractivity contribution in [1.82, 2.24) is 0 Å². The molecular weight excluding hydrogens is 170 g/mol. The van der Waals surface area contributed by atoms with Gasteiger partial charge in [-0.05, 0) is 31.6 Å². The molecule has 0 saturated heterocycles. The fraction of sp³-hybridized carbons (Fsp3) is 0.818. The molecule has 0 aromatic heterocycles. The van der Waals surface area contributed by atoms with Gasteiger partial charge in [-0.3, -0.25) is 0 Å². The van der Waals surface area contributed by atoms with Gasteiger partial charge in [0.15, 0.2) is 0 Å². The fourth-order valence-corrected chi connectivity index (χ4v) is 2.22. The molecule has 1 saturated carbocycles. The van der Waals surface area contributed by atoms with Crippen LogP contribution in [0.1, 0.15) is 45.4 Å². The zero-order valence-electron chi connectivity index (χ0n) is 8.23. The molecule has 76 valence electrons. The molecule has 0 aliphatic heterocycles. The molecule has 0 radical (unpaired) electrons. The highest BCUT2D eigenvalue weighted by molar-refractivity contribution is 4.95. The van der Waals surface area contributed by atoms with Gasteiger partial charge in [0.05, 0.1) is 0 Å². The van der Waals surface area contributed by atoms with Crippen LogP contribution in [0, 0.1) is 11.8 Å². The first-order valence-electron chi connectivity index (χ1n) is 5.23. The number of allylic oxidation sites excluding steroid dienone is 1. The SMILES string of the molecule is CCC[C@H]1CC[C@H](C(F)=CF)CC1. The van der Waals surface area contributed by atoms with Gasteiger partial charge in [-0.15, -0.1) is 0 Å². The van der Waals surface area contributed by atoms with Crippen LogP contribution in [-0.4, -0.2) is 0 Å². The Balaban J connectivity index is 2.30. The summed E-state index contributed by atoms with van der Waals surface area (Å²) >= 11 is 0. The highest BCUT2D eigenvalue weighted by atomic mass is 19.2. The largest absolute Gasteiger partial charge is 0.213 e. The second-order valence-corrected chi connectivity index (χ2v) is 4.00. The van der Waals surface area contributed by atoms with Crippen molar-refractivity contribution in [2.45, 2.75) is 45.4 Å². The van der Waals surface area contributed by atoms with Gasteiger partial charge >= 0.3 is 0 Å². The maximum Gasteiger partial charge on any atom is 0.131 e. The Bertz CT molecular complexity index is 167. The van der Waals surface area contributed by atoms with Crippen molar-refractivity contribution < 1.29 is 8.78 Å². The van der Waals surface area contributed by atoms with Gasteiger partial charge in [0.25, 0.3) is 0 Å². The van der Waals surface area contributed by atoms with Gasteiger partial charge in [-0.25, -0.2) is 8.78 Å². The van der Waals surface area contributed by atoms with Crippen LogP contribution in [0.3, 0.4) is 0 Å². The van der Waals surface area contributed by atoms with Gasteiger partial charge in [0.2, 0.25) is 0 Å². The molecule has 13 heavy (non-hydrogen) atoms. The summed E-state index contributed by atoms with van der Waals surface area (Å²) in [7, 11) is 0.